The number of hydrogen-bond acceptors (Lipinski definition) is 4. The van der Waals surface area contributed by atoms with Gasteiger partial charge in [0.2, 0.25) is 5.91 Å². The van der Waals surface area contributed by atoms with Crippen molar-refractivity contribution in [2.24, 2.45) is 0 Å². The molecule has 27 heavy (non-hydrogen) atoms. The van der Waals surface area contributed by atoms with Gasteiger partial charge in [0, 0.05) is 11.0 Å². The molecule has 0 aliphatic carbocycles. The smallest absolute Gasteiger partial charge is 0.224 e. The molecular formula is C21H26BrNO4. The fourth-order valence-electron chi connectivity index (χ4n) is 2.62. The van der Waals surface area contributed by atoms with Crippen LogP contribution in [0, 0.1) is 0 Å². The van der Waals surface area contributed by atoms with Crippen molar-refractivity contribution in [3.05, 3.63) is 52.0 Å². The summed E-state index contributed by atoms with van der Waals surface area (Å²) in [6.45, 7) is 5.52. The molecular weight excluding hydrogens is 410 g/mol. The summed E-state index contributed by atoms with van der Waals surface area (Å²) in [5.41, 5.74) is 2.01. The van der Waals surface area contributed by atoms with Crippen LogP contribution in [0.5, 0.6) is 17.2 Å². The van der Waals surface area contributed by atoms with Gasteiger partial charge in [0.15, 0.2) is 11.5 Å². The molecule has 0 aliphatic heterocycles. The molecule has 2 rings (SSSR count). The molecule has 5 nitrogen and oxygen atoms in total. The van der Waals surface area contributed by atoms with Gasteiger partial charge >= 0.3 is 0 Å². The van der Waals surface area contributed by atoms with E-state index in [1.54, 1.807) is 7.11 Å². The molecule has 2 aromatic rings. The second-order valence-corrected chi connectivity index (χ2v) is 6.74. The van der Waals surface area contributed by atoms with Crippen molar-refractivity contribution >= 4 is 21.8 Å². The monoisotopic (exact) mass is 435 g/mol. The van der Waals surface area contributed by atoms with Crippen LogP contribution < -0.4 is 19.5 Å². The number of halogens is 1. The van der Waals surface area contributed by atoms with Crippen molar-refractivity contribution in [2.75, 3.05) is 26.9 Å². The van der Waals surface area contributed by atoms with Crippen LogP contribution in [0.25, 0.3) is 0 Å². The van der Waals surface area contributed by atoms with Gasteiger partial charge in [-0.05, 0) is 55.7 Å². The molecule has 0 heterocycles. The maximum atomic E-state index is 12.3. The van der Waals surface area contributed by atoms with Crippen LogP contribution in [-0.4, -0.2) is 32.8 Å². The molecule has 0 radical (unpaired) electrons. The molecule has 0 atom stereocenters. The molecule has 0 aliphatic rings. The predicted molar refractivity (Wildman–Crippen MR) is 110 cm³/mol. The number of benzene rings is 2. The minimum absolute atomic E-state index is 0.0316. The van der Waals surface area contributed by atoms with Gasteiger partial charge in [0.05, 0.1) is 26.7 Å². The number of methoxy groups -OCH3 is 1. The maximum absolute atomic E-state index is 12.3. The number of amides is 1. The van der Waals surface area contributed by atoms with Gasteiger partial charge in [-0.3, -0.25) is 4.79 Å². The summed E-state index contributed by atoms with van der Waals surface area (Å²) >= 11 is 3.52. The van der Waals surface area contributed by atoms with Crippen molar-refractivity contribution < 1.29 is 19.0 Å². The molecule has 1 N–H and O–H groups in total. The lowest BCUT2D eigenvalue weighted by Gasteiger charge is -2.14. The Balaban J connectivity index is 1.92. The Morgan fingerprint density at radius 1 is 1.04 bits per heavy atom. The number of ether oxygens (including phenoxy) is 3. The first-order valence-corrected chi connectivity index (χ1v) is 9.84. The second-order valence-electron chi connectivity index (χ2n) is 5.88. The van der Waals surface area contributed by atoms with E-state index in [1.807, 2.05) is 50.2 Å². The van der Waals surface area contributed by atoms with Gasteiger partial charge in [-0.2, -0.15) is 0 Å². The summed E-state index contributed by atoms with van der Waals surface area (Å²) in [4.78, 5) is 12.3. The molecule has 0 bridgehead atoms. The number of hydrogen-bond donors (Lipinski definition) is 1. The molecule has 146 valence electrons. The van der Waals surface area contributed by atoms with Crippen molar-refractivity contribution in [1.82, 2.24) is 5.32 Å². The van der Waals surface area contributed by atoms with E-state index in [0.29, 0.717) is 31.3 Å². The van der Waals surface area contributed by atoms with Gasteiger partial charge in [-0.25, -0.2) is 0 Å². The van der Waals surface area contributed by atoms with Crippen LogP contribution in [0.3, 0.4) is 0 Å². The second kappa shape index (κ2) is 10.8. The van der Waals surface area contributed by atoms with Crippen molar-refractivity contribution in [3.8, 4) is 17.2 Å². The van der Waals surface area contributed by atoms with Crippen molar-refractivity contribution in [1.29, 1.82) is 0 Å². The quantitative estimate of drug-likeness (QED) is 0.608. The number of carbonyl (C=O) groups excluding carboxylic acids is 1. The first-order chi connectivity index (χ1) is 13.1. The first kappa shape index (κ1) is 21.1. The number of rotatable bonds is 10. The number of nitrogens with one attached hydrogen (secondary N) is 1. The third-order valence-corrected chi connectivity index (χ3v) is 4.70. The standard InChI is InChI=1S/C21H26BrNO4/c1-4-26-19-12-16(18(22)14-20(19)27-5-2)13-21(24)23-11-10-15-6-8-17(25-3)9-7-15/h6-9,12,14H,4-5,10-11,13H2,1-3H3,(H,23,24). The Hall–Kier alpha value is -2.21. The van der Waals surface area contributed by atoms with Crippen LogP contribution in [0.15, 0.2) is 40.9 Å². The Labute approximate surface area is 169 Å². The number of carbonyl (C=O) groups is 1. The summed E-state index contributed by atoms with van der Waals surface area (Å²) in [6, 6.07) is 11.6. The van der Waals surface area contributed by atoms with Crippen LogP contribution in [-0.2, 0) is 17.6 Å². The highest BCUT2D eigenvalue weighted by Gasteiger charge is 2.13. The Morgan fingerprint density at radius 3 is 2.26 bits per heavy atom. The SMILES string of the molecule is CCOc1cc(Br)c(CC(=O)NCCc2ccc(OC)cc2)cc1OCC. The lowest BCUT2D eigenvalue weighted by Crippen LogP contribution is -2.27. The summed E-state index contributed by atoms with van der Waals surface area (Å²) in [5.74, 6) is 2.13. The molecule has 0 unspecified atom stereocenters. The van der Waals surface area contributed by atoms with E-state index in [0.717, 1.165) is 27.8 Å². The van der Waals surface area contributed by atoms with Crippen LogP contribution in [0.2, 0.25) is 0 Å². The average Bonchev–Trinajstić information content (AvgIpc) is 2.66. The predicted octanol–water partition coefficient (Wildman–Crippen LogP) is 4.16. The van der Waals surface area contributed by atoms with E-state index in [9.17, 15) is 4.79 Å². The molecule has 0 spiro atoms. The largest absolute Gasteiger partial charge is 0.497 e. The lowest BCUT2D eigenvalue weighted by molar-refractivity contribution is -0.120. The van der Waals surface area contributed by atoms with Crippen LogP contribution in [0.4, 0.5) is 0 Å². The van der Waals surface area contributed by atoms with Crippen LogP contribution >= 0.6 is 15.9 Å². The van der Waals surface area contributed by atoms with E-state index in [1.165, 1.54) is 0 Å². The van der Waals surface area contributed by atoms with E-state index < -0.39 is 0 Å². The normalized spacial score (nSPS) is 10.4. The summed E-state index contributed by atoms with van der Waals surface area (Å²) in [5, 5.41) is 2.96. The van der Waals surface area contributed by atoms with E-state index >= 15 is 0 Å². The van der Waals surface area contributed by atoms with E-state index in [4.69, 9.17) is 14.2 Å². The van der Waals surface area contributed by atoms with Gasteiger partial charge in [-0.1, -0.05) is 28.1 Å². The topological polar surface area (TPSA) is 56.8 Å². The van der Waals surface area contributed by atoms with Gasteiger partial charge in [-0.15, -0.1) is 0 Å². The molecule has 0 aromatic heterocycles. The molecule has 2 aromatic carbocycles. The average molecular weight is 436 g/mol. The molecule has 0 saturated heterocycles. The minimum atomic E-state index is -0.0316. The Bertz CT molecular complexity index is 747. The third-order valence-electron chi connectivity index (χ3n) is 3.96. The van der Waals surface area contributed by atoms with Gasteiger partial charge in [0.25, 0.3) is 0 Å². The molecule has 1 amide bonds. The highest BCUT2D eigenvalue weighted by Crippen LogP contribution is 2.34. The zero-order valence-electron chi connectivity index (χ0n) is 16.0. The summed E-state index contributed by atoms with van der Waals surface area (Å²) < 4.78 is 17.2. The lowest BCUT2D eigenvalue weighted by atomic mass is 10.1. The highest BCUT2D eigenvalue weighted by atomic mass is 79.9. The zero-order chi connectivity index (χ0) is 19.6. The minimum Gasteiger partial charge on any atom is -0.497 e. The first-order valence-electron chi connectivity index (χ1n) is 9.05. The molecule has 0 saturated carbocycles. The van der Waals surface area contributed by atoms with E-state index in [2.05, 4.69) is 21.2 Å². The highest BCUT2D eigenvalue weighted by molar-refractivity contribution is 9.10. The fourth-order valence-corrected chi connectivity index (χ4v) is 3.09. The summed E-state index contributed by atoms with van der Waals surface area (Å²) in [7, 11) is 1.64. The van der Waals surface area contributed by atoms with Crippen molar-refractivity contribution in [2.45, 2.75) is 26.7 Å². The van der Waals surface area contributed by atoms with E-state index in [-0.39, 0.29) is 12.3 Å². The van der Waals surface area contributed by atoms with Gasteiger partial charge in [0.1, 0.15) is 5.75 Å². The van der Waals surface area contributed by atoms with Gasteiger partial charge < -0.3 is 19.5 Å². The molecule has 6 heteroatoms. The molecule has 0 fully saturated rings. The van der Waals surface area contributed by atoms with Crippen LogP contribution in [0.1, 0.15) is 25.0 Å². The summed E-state index contributed by atoms with van der Waals surface area (Å²) in [6.07, 6.45) is 1.04. The van der Waals surface area contributed by atoms with Crippen molar-refractivity contribution in [3.63, 3.8) is 0 Å². The third kappa shape index (κ3) is 6.47. The maximum Gasteiger partial charge on any atom is 0.224 e. The fraction of sp³-hybridized carbons (Fsp3) is 0.381. The Morgan fingerprint density at radius 2 is 1.67 bits per heavy atom. The zero-order valence-corrected chi connectivity index (χ0v) is 17.6. The Kier molecular flexibility index (Phi) is 8.45.